The fourth-order valence-corrected chi connectivity index (χ4v) is 2.26. The largest absolute Gasteiger partial charge is 0.494 e. The molecule has 0 saturated heterocycles. The molecular weight excluding hydrogens is 299 g/mol. The van der Waals surface area contributed by atoms with Gasteiger partial charge in [-0.05, 0) is 25.0 Å². The van der Waals surface area contributed by atoms with E-state index < -0.39 is 5.82 Å². The Kier molecular flexibility index (Phi) is 4.57. The van der Waals surface area contributed by atoms with E-state index in [1.54, 1.807) is 12.1 Å². The second-order valence-corrected chi connectivity index (χ2v) is 5.40. The number of aliphatic hydroxyl groups is 1. The summed E-state index contributed by atoms with van der Waals surface area (Å²) >= 11 is 0. The molecule has 0 aliphatic heterocycles. The van der Waals surface area contributed by atoms with Crippen LogP contribution in [0.4, 0.5) is 21.8 Å². The van der Waals surface area contributed by atoms with Gasteiger partial charge in [-0.2, -0.15) is 4.98 Å². The number of ether oxygens (including phenoxy) is 1. The van der Waals surface area contributed by atoms with Crippen molar-refractivity contribution in [1.29, 1.82) is 0 Å². The number of nitrogens with zero attached hydrogens (tertiary/aromatic N) is 2. The second kappa shape index (κ2) is 6.78. The van der Waals surface area contributed by atoms with Crippen LogP contribution >= 0.6 is 0 Å². The summed E-state index contributed by atoms with van der Waals surface area (Å²) in [5.41, 5.74) is 1.54. The molecule has 1 aromatic heterocycles. The Hall–Kier alpha value is -2.41. The summed E-state index contributed by atoms with van der Waals surface area (Å²) in [7, 11) is 1.43. The van der Waals surface area contributed by atoms with Gasteiger partial charge in [0.2, 0.25) is 5.95 Å². The Morgan fingerprint density at radius 1 is 1.30 bits per heavy atom. The van der Waals surface area contributed by atoms with E-state index in [2.05, 4.69) is 20.6 Å². The zero-order valence-electron chi connectivity index (χ0n) is 12.8. The Balaban J connectivity index is 1.83. The van der Waals surface area contributed by atoms with E-state index in [9.17, 15) is 4.39 Å². The second-order valence-electron chi connectivity index (χ2n) is 5.40. The number of aromatic nitrogens is 2. The zero-order valence-corrected chi connectivity index (χ0v) is 12.8. The van der Waals surface area contributed by atoms with Crippen LogP contribution in [0.2, 0.25) is 0 Å². The van der Waals surface area contributed by atoms with Crippen molar-refractivity contribution in [3.8, 4) is 5.75 Å². The van der Waals surface area contributed by atoms with Crippen molar-refractivity contribution in [3.05, 3.63) is 35.8 Å². The molecule has 1 saturated carbocycles. The maximum atomic E-state index is 13.8. The summed E-state index contributed by atoms with van der Waals surface area (Å²) in [6, 6.07) is 6.52. The molecule has 0 unspecified atom stereocenters. The van der Waals surface area contributed by atoms with E-state index in [0.29, 0.717) is 29.9 Å². The summed E-state index contributed by atoms with van der Waals surface area (Å²) in [5, 5.41) is 15.0. The van der Waals surface area contributed by atoms with Gasteiger partial charge in [0.1, 0.15) is 5.82 Å². The van der Waals surface area contributed by atoms with E-state index in [1.165, 1.54) is 13.2 Å². The molecule has 7 heteroatoms. The Labute approximate surface area is 133 Å². The molecule has 122 valence electrons. The highest BCUT2D eigenvalue weighted by Crippen LogP contribution is 2.40. The Bertz CT molecular complexity index is 692. The lowest BCUT2D eigenvalue weighted by Gasteiger charge is -2.11. The lowest BCUT2D eigenvalue weighted by Crippen LogP contribution is -2.10. The van der Waals surface area contributed by atoms with Crippen LogP contribution in [0.15, 0.2) is 24.3 Å². The fourth-order valence-electron chi connectivity index (χ4n) is 2.26. The van der Waals surface area contributed by atoms with E-state index in [4.69, 9.17) is 9.84 Å². The third-order valence-corrected chi connectivity index (χ3v) is 3.56. The Morgan fingerprint density at radius 2 is 2.13 bits per heavy atom. The van der Waals surface area contributed by atoms with E-state index in [0.717, 1.165) is 18.5 Å². The van der Waals surface area contributed by atoms with Gasteiger partial charge in [-0.3, -0.25) is 0 Å². The number of nitrogens with one attached hydrogen (secondary N) is 2. The molecule has 1 aromatic carbocycles. The SMILES string of the molecule is COc1ccc(Nc2cc(C3CC3)nc(NCCO)n2)cc1F. The van der Waals surface area contributed by atoms with Crippen LogP contribution in [0.25, 0.3) is 0 Å². The lowest BCUT2D eigenvalue weighted by molar-refractivity contribution is 0.311. The number of rotatable bonds is 7. The predicted octanol–water partition coefficient (Wildman–Crippen LogP) is 2.65. The van der Waals surface area contributed by atoms with Crippen molar-refractivity contribution >= 4 is 17.5 Å². The monoisotopic (exact) mass is 318 g/mol. The molecule has 0 atom stereocenters. The molecule has 0 radical (unpaired) electrons. The topological polar surface area (TPSA) is 79.3 Å². The van der Waals surface area contributed by atoms with Crippen LogP contribution in [-0.2, 0) is 0 Å². The number of halogens is 1. The number of hydrogen-bond donors (Lipinski definition) is 3. The number of benzene rings is 1. The molecule has 23 heavy (non-hydrogen) atoms. The first kappa shape index (κ1) is 15.5. The van der Waals surface area contributed by atoms with Crippen LogP contribution in [-0.4, -0.2) is 35.3 Å². The normalized spacial score (nSPS) is 13.7. The number of anilines is 3. The van der Waals surface area contributed by atoms with Crippen LogP contribution in [0.5, 0.6) is 5.75 Å². The molecule has 3 rings (SSSR count). The molecule has 1 fully saturated rings. The van der Waals surface area contributed by atoms with Crippen molar-refractivity contribution in [2.24, 2.45) is 0 Å². The third-order valence-electron chi connectivity index (χ3n) is 3.56. The molecule has 6 nitrogen and oxygen atoms in total. The molecular formula is C16H19FN4O2. The highest BCUT2D eigenvalue weighted by atomic mass is 19.1. The van der Waals surface area contributed by atoms with Gasteiger partial charge in [0.25, 0.3) is 0 Å². The van der Waals surface area contributed by atoms with Crippen LogP contribution < -0.4 is 15.4 Å². The van der Waals surface area contributed by atoms with Crippen molar-refractivity contribution < 1.29 is 14.2 Å². The summed E-state index contributed by atoms with van der Waals surface area (Å²) in [6.07, 6.45) is 2.24. The number of hydrogen-bond acceptors (Lipinski definition) is 6. The minimum atomic E-state index is -0.437. The standard InChI is InChI=1S/C16H19FN4O2/c1-23-14-5-4-11(8-12(14)17)19-15-9-13(10-2-3-10)20-16(21-15)18-6-7-22/h4-5,8-10,22H,2-3,6-7H2,1H3,(H2,18,19,20,21). The quantitative estimate of drug-likeness (QED) is 0.728. The van der Waals surface area contributed by atoms with Crippen molar-refractivity contribution in [2.75, 3.05) is 30.9 Å². The first-order chi connectivity index (χ1) is 11.2. The van der Waals surface area contributed by atoms with Gasteiger partial charge in [0.15, 0.2) is 11.6 Å². The molecule has 1 aliphatic carbocycles. The molecule has 3 N–H and O–H groups in total. The van der Waals surface area contributed by atoms with Crippen molar-refractivity contribution in [1.82, 2.24) is 9.97 Å². The summed E-state index contributed by atoms with van der Waals surface area (Å²) in [6.45, 7) is 0.383. The van der Waals surface area contributed by atoms with Gasteiger partial charge in [-0.25, -0.2) is 9.37 Å². The van der Waals surface area contributed by atoms with Crippen LogP contribution in [0.1, 0.15) is 24.5 Å². The van der Waals surface area contributed by atoms with Crippen molar-refractivity contribution in [3.63, 3.8) is 0 Å². The third kappa shape index (κ3) is 3.87. The highest BCUT2D eigenvalue weighted by Gasteiger charge is 2.26. The van der Waals surface area contributed by atoms with Gasteiger partial charge in [-0.1, -0.05) is 0 Å². The summed E-state index contributed by atoms with van der Waals surface area (Å²) < 4.78 is 18.7. The van der Waals surface area contributed by atoms with Crippen LogP contribution in [0.3, 0.4) is 0 Å². The molecule has 0 amide bonds. The lowest BCUT2D eigenvalue weighted by atomic mass is 10.2. The molecule has 0 bridgehead atoms. The molecule has 2 aromatic rings. The van der Waals surface area contributed by atoms with Crippen molar-refractivity contribution in [2.45, 2.75) is 18.8 Å². The zero-order chi connectivity index (χ0) is 16.2. The smallest absolute Gasteiger partial charge is 0.224 e. The predicted molar refractivity (Wildman–Crippen MR) is 85.8 cm³/mol. The average molecular weight is 318 g/mol. The van der Waals surface area contributed by atoms with E-state index in [-0.39, 0.29) is 12.4 Å². The maximum Gasteiger partial charge on any atom is 0.224 e. The van der Waals surface area contributed by atoms with E-state index >= 15 is 0 Å². The van der Waals surface area contributed by atoms with Crippen LogP contribution in [0, 0.1) is 5.82 Å². The average Bonchev–Trinajstić information content (AvgIpc) is 3.38. The van der Waals surface area contributed by atoms with Gasteiger partial charge in [0, 0.05) is 30.3 Å². The number of aliphatic hydroxyl groups excluding tert-OH is 1. The minimum Gasteiger partial charge on any atom is -0.494 e. The van der Waals surface area contributed by atoms with Gasteiger partial charge in [-0.15, -0.1) is 0 Å². The number of methoxy groups -OCH3 is 1. The van der Waals surface area contributed by atoms with Gasteiger partial charge < -0.3 is 20.5 Å². The van der Waals surface area contributed by atoms with E-state index in [1.807, 2.05) is 6.07 Å². The first-order valence-corrected chi connectivity index (χ1v) is 7.54. The molecule has 1 heterocycles. The fraction of sp³-hybridized carbons (Fsp3) is 0.375. The van der Waals surface area contributed by atoms with Gasteiger partial charge in [0.05, 0.1) is 19.4 Å². The summed E-state index contributed by atoms with van der Waals surface area (Å²) in [4.78, 5) is 8.80. The minimum absolute atomic E-state index is 0.00344. The van der Waals surface area contributed by atoms with Gasteiger partial charge >= 0.3 is 0 Å². The highest BCUT2D eigenvalue weighted by molar-refractivity contribution is 5.59. The first-order valence-electron chi connectivity index (χ1n) is 7.54. The maximum absolute atomic E-state index is 13.8. The summed E-state index contributed by atoms with van der Waals surface area (Å²) in [5.74, 6) is 1.27. The molecule has 1 aliphatic rings. The Morgan fingerprint density at radius 3 is 2.78 bits per heavy atom. The molecule has 0 spiro atoms.